The van der Waals surface area contributed by atoms with Crippen molar-refractivity contribution in [3.8, 4) is 0 Å². The summed E-state index contributed by atoms with van der Waals surface area (Å²) in [6.07, 6.45) is 0.619. The summed E-state index contributed by atoms with van der Waals surface area (Å²) in [7, 11) is -3.15. The number of fused-ring (bicyclic) bond motifs is 2. The molecule has 2 unspecified atom stereocenters. The maximum absolute atomic E-state index is 14.0. The van der Waals surface area contributed by atoms with E-state index in [9.17, 15) is 13.6 Å². The van der Waals surface area contributed by atoms with E-state index >= 15 is 0 Å². The number of carbonyl (C=O) groups excluding carboxylic acids is 1. The number of alkyl carbamates (subject to hydrolysis) is 1. The minimum Gasteiger partial charge on any atom is -0.466 e. The second kappa shape index (κ2) is 14.2. The zero-order chi connectivity index (χ0) is 32.5. The minimum atomic E-state index is -1.63. The predicted molar refractivity (Wildman–Crippen MR) is 185 cm³/mol. The van der Waals surface area contributed by atoms with E-state index in [1.165, 1.54) is 24.3 Å². The van der Waals surface area contributed by atoms with Crippen LogP contribution in [0.3, 0.4) is 0 Å². The van der Waals surface area contributed by atoms with Gasteiger partial charge in [0.15, 0.2) is 0 Å². The van der Waals surface area contributed by atoms with Gasteiger partial charge in [-0.1, -0.05) is 39.3 Å². The quantitative estimate of drug-likeness (QED) is 0.195. The summed E-state index contributed by atoms with van der Waals surface area (Å²) in [5.74, 6) is -0.518. The molecule has 3 N–H and O–H groups in total. The third-order valence-corrected chi connectivity index (χ3v) is 10.1. The summed E-state index contributed by atoms with van der Waals surface area (Å²) in [4.78, 5) is 11.9. The van der Waals surface area contributed by atoms with Crippen LogP contribution in [0, 0.1) is 11.6 Å². The molecule has 2 heterocycles. The summed E-state index contributed by atoms with van der Waals surface area (Å²) >= 11 is 0. The molecule has 1 amide bonds. The van der Waals surface area contributed by atoms with Crippen LogP contribution in [0.2, 0.25) is 39.3 Å². The molecule has 0 saturated carbocycles. The monoisotopic (exact) mass is 666 g/mol. The number of amides is 1. The van der Waals surface area contributed by atoms with Crippen molar-refractivity contribution in [1.29, 1.82) is 0 Å². The Kier molecular flexibility index (Phi) is 12.1. The summed E-state index contributed by atoms with van der Waals surface area (Å²) in [6.45, 7) is 22.4. The van der Waals surface area contributed by atoms with E-state index in [2.05, 4.69) is 44.6 Å². The molecule has 4 aromatic rings. The molecule has 4 rings (SSSR count). The Labute approximate surface area is 268 Å². The Morgan fingerprint density at radius 2 is 1.23 bits per heavy atom. The van der Waals surface area contributed by atoms with Gasteiger partial charge in [-0.3, -0.25) is 0 Å². The van der Waals surface area contributed by atoms with E-state index < -0.39 is 27.8 Å². The third kappa shape index (κ3) is 10.5. The van der Waals surface area contributed by atoms with Gasteiger partial charge in [0.1, 0.15) is 44.5 Å². The van der Waals surface area contributed by atoms with Crippen LogP contribution in [0.15, 0.2) is 45.2 Å². The average Bonchev–Trinajstić information content (AvgIpc) is 3.42. The summed E-state index contributed by atoms with van der Waals surface area (Å²) in [5.41, 5.74) is 8.37. The zero-order valence-corrected chi connectivity index (χ0v) is 30.7. The lowest BCUT2D eigenvalue weighted by Gasteiger charge is -2.22. The molecule has 6 nitrogen and oxygen atoms in total. The van der Waals surface area contributed by atoms with Gasteiger partial charge in [0.05, 0.1) is 10.8 Å². The fourth-order valence-electron chi connectivity index (χ4n) is 4.65. The summed E-state index contributed by atoms with van der Waals surface area (Å²) in [6, 6.07) is 9.76. The zero-order valence-electron chi connectivity index (χ0n) is 27.9. The van der Waals surface area contributed by atoms with Gasteiger partial charge in [-0.15, -0.1) is 12.4 Å². The summed E-state index contributed by atoms with van der Waals surface area (Å²) in [5, 5.41) is 6.37. The molecule has 11 heteroatoms. The van der Waals surface area contributed by atoms with Crippen LogP contribution in [0.25, 0.3) is 21.9 Å². The fraction of sp³-hybridized carbons (Fsp3) is 0.485. The van der Waals surface area contributed by atoms with E-state index in [1.807, 2.05) is 46.8 Å². The van der Waals surface area contributed by atoms with Crippen LogP contribution in [-0.4, -0.2) is 39.9 Å². The molecule has 244 valence electrons. The second-order valence-corrected chi connectivity index (χ2v) is 24.6. The smallest absolute Gasteiger partial charge is 0.407 e. The molecule has 44 heavy (non-hydrogen) atoms. The van der Waals surface area contributed by atoms with E-state index in [-0.39, 0.29) is 36.1 Å². The maximum atomic E-state index is 14.0. The number of furan rings is 2. The lowest BCUT2D eigenvalue weighted by Crippen LogP contribution is -2.38. The first-order chi connectivity index (χ1) is 19.6. The normalized spacial score (nSPS) is 13.6. The Morgan fingerprint density at radius 3 is 1.59 bits per heavy atom. The molecule has 0 bridgehead atoms. The van der Waals surface area contributed by atoms with Crippen molar-refractivity contribution in [2.45, 2.75) is 104 Å². The fourth-order valence-corrected chi connectivity index (χ4v) is 6.64. The largest absolute Gasteiger partial charge is 0.466 e. The highest BCUT2D eigenvalue weighted by Gasteiger charge is 2.25. The highest BCUT2D eigenvalue weighted by Crippen LogP contribution is 2.25. The predicted octanol–water partition coefficient (Wildman–Crippen LogP) is 8.00. The first kappa shape index (κ1) is 37.5. The number of rotatable bonds is 7. The first-order valence-electron chi connectivity index (χ1n) is 14.8. The number of hydrogen-bond acceptors (Lipinski definition) is 5. The van der Waals surface area contributed by atoms with Gasteiger partial charge in [0, 0.05) is 28.4 Å². The molecular weight excluding hydrogens is 618 g/mol. The Balaban J connectivity index is 0.000000315. The first-order valence-corrected chi connectivity index (χ1v) is 21.8. The second-order valence-electron chi connectivity index (χ2n) is 14.6. The maximum Gasteiger partial charge on any atom is 0.407 e. The van der Waals surface area contributed by atoms with Crippen LogP contribution < -0.4 is 21.8 Å². The van der Waals surface area contributed by atoms with Crippen molar-refractivity contribution < 1.29 is 27.1 Å². The standard InChI is InChI=1S/C19H28FNO3Si.C14H20FNOSi.ClH/c1-12(21-18(22)24-19(2,3)4)8-13-9-15(20)10-14-11-16(23-17(13)14)25(5,6)7;1-9(16)5-10-6-12(15)7-11-8-13(17-14(10)11)18(2,3)4;/h9-12H,8H2,1-7H3,(H,21,22);6-9H,5,16H2,1-4H3;1H. The molecule has 0 radical (unpaired) electrons. The Morgan fingerprint density at radius 1 is 0.818 bits per heavy atom. The van der Waals surface area contributed by atoms with Gasteiger partial charge in [0.25, 0.3) is 0 Å². The van der Waals surface area contributed by atoms with Crippen LogP contribution in [0.1, 0.15) is 45.7 Å². The van der Waals surface area contributed by atoms with E-state index in [0.29, 0.717) is 18.4 Å². The van der Waals surface area contributed by atoms with Crippen molar-refractivity contribution in [3.05, 3.63) is 59.2 Å². The topological polar surface area (TPSA) is 90.6 Å². The number of ether oxygens (including phenoxy) is 1. The van der Waals surface area contributed by atoms with Gasteiger partial charge in [-0.2, -0.15) is 0 Å². The van der Waals surface area contributed by atoms with Gasteiger partial charge in [0.2, 0.25) is 0 Å². The van der Waals surface area contributed by atoms with Crippen LogP contribution >= 0.6 is 12.4 Å². The Bertz CT molecular complexity index is 1580. The van der Waals surface area contributed by atoms with E-state index in [0.717, 1.165) is 38.2 Å². The third-order valence-electron chi connectivity index (χ3n) is 6.63. The number of hydrogen-bond donors (Lipinski definition) is 2. The van der Waals surface area contributed by atoms with E-state index in [4.69, 9.17) is 19.3 Å². The highest BCUT2D eigenvalue weighted by atomic mass is 35.5. The number of carbonyl (C=O) groups is 1. The summed E-state index contributed by atoms with van der Waals surface area (Å²) < 4.78 is 44.9. The van der Waals surface area contributed by atoms with Crippen molar-refractivity contribution >= 4 is 67.4 Å². The molecular formula is C33H49ClF2N2O4Si2. The Hall–Kier alpha value is -2.67. The van der Waals surface area contributed by atoms with Gasteiger partial charge in [-0.25, -0.2) is 13.6 Å². The molecule has 0 aliphatic rings. The molecule has 0 aliphatic heterocycles. The van der Waals surface area contributed by atoms with Crippen molar-refractivity contribution in [1.82, 2.24) is 5.32 Å². The van der Waals surface area contributed by atoms with Gasteiger partial charge < -0.3 is 24.6 Å². The van der Waals surface area contributed by atoms with Gasteiger partial charge in [-0.05, 0) is 89.4 Å². The number of halogens is 3. The SMILES string of the molecule is CC(Cc1cc(F)cc2cc([Si](C)(C)C)oc12)NC(=O)OC(C)(C)C.CC(N)Cc1cc(F)cc2cc([Si](C)(C)C)oc12.Cl. The average molecular weight is 667 g/mol. The molecule has 0 aliphatic carbocycles. The molecule has 2 aromatic carbocycles. The molecule has 0 saturated heterocycles. The molecule has 0 spiro atoms. The van der Waals surface area contributed by atoms with Crippen LogP contribution in [0.4, 0.5) is 13.6 Å². The lowest BCUT2D eigenvalue weighted by molar-refractivity contribution is 0.0508. The molecule has 2 atom stereocenters. The van der Waals surface area contributed by atoms with Crippen molar-refractivity contribution in [3.63, 3.8) is 0 Å². The van der Waals surface area contributed by atoms with E-state index in [1.54, 1.807) is 0 Å². The number of nitrogens with one attached hydrogen (secondary N) is 1. The minimum absolute atomic E-state index is 0. The molecule has 2 aromatic heterocycles. The molecule has 0 fully saturated rings. The van der Waals surface area contributed by atoms with Crippen molar-refractivity contribution in [2.24, 2.45) is 5.73 Å². The van der Waals surface area contributed by atoms with Crippen LogP contribution in [-0.2, 0) is 17.6 Å². The highest BCUT2D eigenvalue weighted by molar-refractivity contribution is 6.88. The van der Waals surface area contributed by atoms with Crippen LogP contribution in [0.5, 0.6) is 0 Å². The van der Waals surface area contributed by atoms with Gasteiger partial charge >= 0.3 is 6.09 Å². The number of benzene rings is 2. The van der Waals surface area contributed by atoms with Crippen molar-refractivity contribution in [2.75, 3.05) is 0 Å². The lowest BCUT2D eigenvalue weighted by atomic mass is 10.0. The number of nitrogens with two attached hydrogens (primary N) is 1.